The smallest absolute Gasteiger partial charge is 0.421 e. The average Bonchev–Trinajstić information content (AvgIpc) is 3.32. The number of halogens is 3. The first kappa shape index (κ1) is 33.3. The van der Waals surface area contributed by atoms with Gasteiger partial charge in [-0.05, 0) is 61.7 Å². The van der Waals surface area contributed by atoms with E-state index in [1.54, 1.807) is 51.4 Å². The van der Waals surface area contributed by atoms with Gasteiger partial charge in [-0.25, -0.2) is 4.98 Å². The van der Waals surface area contributed by atoms with E-state index >= 15 is 0 Å². The molecule has 4 N–H and O–H groups in total. The van der Waals surface area contributed by atoms with Crippen LogP contribution in [0.4, 0.5) is 36.3 Å². The molecule has 1 aliphatic heterocycles. The quantitative estimate of drug-likeness (QED) is 0.115. The molecule has 0 saturated carbocycles. The molecule has 0 saturated heterocycles. The largest absolute Gasteiger partial charge is 0.495 e. The number of anilines is 4. The van der Waals surface area contributed by atoms with Crippen LogP contribution in [0.5, 0.6) is 11.6 Å². The van der Waals surface area contributed by atoms with E-state index < -0.39 is 25.2 Å². The summed E-state index contributed by atoms with van der Waals surface area (Å²) in [6.07, 6.45) is 0.520. The van der Waals surface area contributed by atoms with Crippen LogP contribution in [0.15, 0.2) is 48.8 Å². The number of hydrogen-bond donors (Lipinski definition) is 4. The van der Waals surface area contributed by atoms with Crippen molar-refractivity contribution in [2.24, 2.45) is 7.05 Å². The second-order valence-electron chi connectivity index (χ2n) is 10.5. The highest BCUT2D eigenvalue weighted by Gasteiger charge is 2.36. The summed E-state index contributed by atoms with van der Waals surface area (Å²) in [5, 5.41) is 21.0. The van der Waals surface area contributed by atoms with Gasteiger partial charge >= 0.3 is 13.8 Å². The Bertz CT molecular complexity index is 1800. The first-order valence-electron chi connectivity index (χ1n) is 14.7. The molecule has 1 aliphatic rings. The zero-order valence-corrected chi connectivity index (χ0v) is 26.8. The molecule has 2 aromatic carbocycles. The first-order valence-corrected chi connectivity index (χ1v) is 16.4. The van der Waals surface area contributed by atoms with Gasteiger partial charge in [-0.2, -0.15) is 18.2 Å². The van der Waals surface area contributed by atoms with Crippen molar-refractivity contribution in [2.75, 3.05) is 44.0 Å². The molecule has 0 fully saturated rings. The zero-order chi connectivity index (χ0) is 33.1. The summed E-state index contributed by atoms with van der Waals surface area (Å²) in [4.78, 5) is 8.11. The lowest BCUT2D eigenvalue weighted by Gasteiger charge is -2.19. The maximum atomic E-state index is 14.2. The number of fused-ring (bicyclic) bond motifs is 1. The fourth-order valence-electron chi connectivity index (χ4n) is 5.35. The van der Waals surface area contributed by atoms with Crippen molar-refractivity contribution in [1.82, 2.24) is 19.9 Å². The van der Waals surface area contributed by atoms with E-state index in [1.807, 2.05) is 6.07 Å². The number of aromatic nitrogens is 3. The van der Waals surface area contributed by atoms with Crippen LogP contribution in [-0.2, 0) is 33.0 Å². The monoisotopic (exact) mass is 660 g/mol. The molecule has 3 heterocycles. The second-order valence-corrected chi connectivity index (χ2v) is 12.6. The maximum absolute atomic E-state index is 14.2. The van der Waals surface area contributed by atoms with Crippen LogP contribution in [0.1, 0.15) is 37.0 Å². The summed E-state index contributed by atoms with van der Waals surface area (Å²) < 4.78 is 73.3. The van der Waals surface area contributed by atoms with Gasteiger partial charge in [0, 0.05) is 31.4 Å². The molecular weight excluding hydrogens is 624 g/mol. The number of hydrogen-bond acceptors (Lipinski definition) is 10. The van der Waals surface area contributed by atoms with Crippen molar-refractivity contribution in [3.63, 3.8) is 0 Å². The SMILES string of the molecule is CCOP(=O)(Cc1ccc(Nc2ncc(C(F)(F)F)c(Nc3ccc(C4=CCNCC4)c4cn(C)c(O)c34)n2)c(OC)c1)OCC. The molecule has 11 nitrogen and oxygen atoms in total. The highest BCUT2D eigenvalue weighted by Crippen LogP contribution is 2.52. The van der Waals surface area contributed by atoms with Gasteiger partial charge in [-0.3, -0.25) is 4.57 Å². The summed E-state index contributed by atoms with van der Waals surface area (Å²) in [5.74, 6) is -0.430. The molecule has 0 radical (unpaired) electrons. The zero-order valence-electron chi connectivity index (χ0n) is 25.9. The Morgan fingerprint density at radius 2 is 1.85 bits per heavy atom. The number of benzene rings is 2. The fraction of sp³-hybridized carbons (Fsp3) is 0.355. The predicted molar refractivity (Wildman–Crippen MR) is 171 cm³/mol. The predicted octanol–water partition coefficient (Wildman–Crippen LogP) is 7.33. The average molecular weight is 661 g/mol. The van der Waals surface area contributed by atoms with E-state index in [0.717, 1.165) is 24.1 Å². The molecule has 46 heavy (non-hydrogen) atoms. The van der Waals surface area contributed by atoms with Crippen LogP contribution in [0, 0.1) is 0 Å². The number of aromatic hydroxyl groups is 1. The topological polar surface area (TPSA) is 132 Å². The van der Waals surface area contributed by atoms with Crippen LogP contribution in [0.25, 0.3) is 16.3 Å². The third-order valence-electron chi connectivity index (χ3n) is 7.42. The number of alkyl halides is 3. The van der Waals surface area contributed by atoms with E-state index in [1.165, 1.54) is 11.7 Å². The lowest BCUT2D eigenvalue weighted by atomic mass is 9.96. The molecule has 0 aliphatic carbocycles. The minimum absolute atomic E-state index is 0.00390. The van der Waals surface area contributed by atoms with Gasteiger partial charge in [0.1, 0.15) is 17.1 Å². The van der Waals surface area contributed by atoms with E-state index in [-0.39, 0.29) is 36.9 Å². The third-order valence-corrected chi connectivity index (χ3v) is 9.48. The molecule has 0 unspecified atom stereocenters. The molecule has 4 aromatic rings. The summed E-state index contributed by atoms with van der Waals surface area (Å²) >= 11 is 0. The highest BCUT2D eigenvalue weighted by molar-refractivity contribution is 7.53. The molecule has 0 spiro atoms. The number of methoxy groups -OCH3 is 1. The van der Waals surface area contributed by atoms with Gasteiger partial charge in [-0.1, -0.05) is 18.2 Å². The second kappa shape index (κ2) is 13.7. The Morgan fingerprint density at radius 1 is 1.11 bits per heavy atom. The van der Waals surface area contributed by atoms with Crippen molar-refractivity contribution < 1.29 is 36.6 Å². The molecular formula is C31H36F3N6O5P. The van der Waals surface area contributed by atoms with Gasteiger partial charge in [0.2, 0.25) is 11.8 Å². The number of rotatable bonds is 12. The maximum Gasteiger partial charge on any atom is 0.421 e. The van der Waals surface area contributed by atoms with Crippen LogP contribution < -0.4 is 20.7 Å². The fourth-order valence-corrected chi connectivity index (χ4v) is 7.04. The van der Waals surface area contributed by atoms with Crippen LogP contribution in [0.2, 0.25) is 0 Å². The van der Waals surface area contributed by atoms with Gasteiger partial charge < -0.3 is 39.4 Å². The summed E-state index contributed by atoms with van der Waals surface area (Å²) in [6, 6.07) is 8.39. The van der Waals surface area contributed by atoms with Crippen LogP contribution in [-0.4, -0.2) is 53.1 Å². The molecule has 0 bridgehead atoms. The molecule has 5 rings (SSSR count). The molecule has 0 amide bonds. The van der Waals surface area contributed by atoms with Gasteiger partial charge in [-0.15, -0.1) is 0 Å². The standard InChI is InChI=1S/C31H36F3N6O5P/c1-5-44-46(42,45-6-2)18-19-7-9-24(26(15-19)43-4)38-30-36-16-23(31(32,33)34)28(39-30)37-25-10-8-21(20-11-13-35-14-12-20)22-17-40(3)29(41)27(22)25/h7-11,15-17,35,41H,5-6,12-14,18H2,1-4H3,(H2,36,37,38,39). The third kappa shape index (κ3) is 7.15. The normalized spacial score (nSPS) is 13.9. The van der Waals surface area contributed by atoms with E-state index in [9.17, 15) is 22.8 Å². The van der Waals surface area contributed by atoms with Crippen LogP contribution >= 0.6 is 7.60 Å². The first-order chi connectivity index (χ1) is 22.0. The Hall–Kier alpha value is -4.10. The van der Waals surface area contributed by atoms with Crippen LogP contribution in [0.3, 0.4) is 0 Å². The minimum Gasteiger partial charge on any atom is -0.495 e. The summed E-state index contributed by atoms with van der Waals surface area (Å²) in [7, 11) is -0.294. The Morgan fingerprint density at radius 3 is 2.50 bits per heavy atom. The highest BCUT2D eigenvalue weighted by atomic mass is 31.2. The Balaban J connectivity index is 1.49. The van der Waals surface area contributed by atoms with E-state index in [0.29, 0.717) is 40.5 Å². The van der Waals surface area contributed by atoms with Crippen molar-refractivity contribution in [3.8, 4) is 11.6 Å². The van der Waals surface area contributed by atoms with E-state index in [4.69, 9.17) is 13.8 Å². The number of nitrogens with zero attached hydrogens (tertiary/aromatic N) is 3. The molecule has 246 valence electrons. The molecule has 2 aromatic heterocycles. The Labute approximate surface area is 264 Å². The summed E-state index contributed by atoms with van der Waals surface area (Å²) in [5.41, 5.74) is 2.12. The van der Waals surface area contributed by atoms with Gasteiger partial charge in [0.15, 0.2) is 0 Å². The van der Waals surface area contributed by atoms with Crippen molar-refractivity contribution in [1.29, 1.82) is 0 Å². The number of aryl methyl sites for hydroxylation is 1. The number of nitrogens with one attached hydrogen (secondary N) is 3. The van der Waals surface area contributed by atoms with Crippen molar-refractivity contribution in [2.45, 2.75) is 32.6 Å². The summed E-state index contributed by atoms with van der Waals surface area (Å²) in [6.45, 7) is 5.37. The lowest BCUT2D eigenvalue weighted by molar-refractivity contribution is -0.137. The lowest BCUT2D eigenvalue weighted by Crippen LogP contribution is -2.20. The van der Waals surface area contributed by atoms with Crippen molar-refractivity contribution in [3.05, 3.63) is 65.5 Å². The Kier molecular flexibility index (Phi) is 9.92. The van der Waals surface area contributed by atoms with Crippen molar-refractivity contribution >= 4 is 47.1 Å². The minimum atomic E-state index is -4.77. The number of ether oxygens (including phenoxy) is 1. The van der Waals surface area contributed by atoms with E-state index in [2.05, 4.69) is 32.0 Å². The molecule has 15 heteroatoms. The molecule has 0 atom stereocenters. The van der Waals surface area contributed by atoms with Gasteiger partial charge in [0.25, 0.3) is 0 Å². The van der Waals surface area contributed by atoms with Gasteiger partial charge in [0.05, 0.1) is 43.2 Å².